The first-order chi connectivity index (χ1) is 8.75. The van der Waals surface area contributed by atoms with Gasteiger partial charge in [-0.2, -0.15) is 13.2 Å². The molecule has 0 aliphatic rings. The van der Waals surface area contributed by atoms with Gasteiger partial charge < -0.3 is 11.1 Å². The van der Waals surface area contributed by atoms with Gasteiger partial charge in [-0.15, -0.1) is 0 Å². The van der Waals surface area contributed by atoms with Crippen molar-refractivity contribution in [3.05, 3.63) is 28.2 Å². The SMILES string of the molecule is CCCC(N)C(=O)Nc1cc(C(F)(F)F)ccc1Br. The molecule has 1 unspecified atom stereocenters. The molecule has 1 aromatic rings. The minimum absolute atomic E-state index is 0.0615. The van der Waals surface area contributed by atoms with E-state index >= 15 is 0 Å². The molecule has 0 saturated carbocycles. The number of halogens is 4. The zero-order valence-corrected chi connectivity index (χ0v) is 11.8. The molecule has 1 aromatic carbocycles. The summed E-state index contributed by atoms with van der Waals surface area (Å²) in [6, 6.07) is 2.32. The second-order valence-electron chi connectivity index (χ2n) is 4.08. The molecular formula is C12H14BrF3N2O. The summed E-state index contributed by atoms with van der Waals surface area (Å²) >= 11 is 3.09. The zero-order chi connectivity index (χ0) is 14.6. The van der Waals surface area contributed by atoms with Gasteiger partial charge in [0.2, 0.25) is 5.91 Å². The van der Waals surface area contributed by atoms with E-state index in [9.17, 15) is 18.0 Å². The van der Waals surface area contributed by atoms with Crippen LogP contribution in [-0.4, -0.2) is 11.9 Å². The first kappa shape index (κ1) is 16.0. The van der Waals surface area contributed by atoms with E-state index in [1.807, 2.05) is 6.92 Å². The van der Waals surface area contributed by atoms with Crippen LogP contribution in [0.1, 0.15) is 25.3 Å². The number of nitrogens with two attached hydrogens (primary N) is 1. The molecule has 3 nitrogen and oxygen atoms in total. The van der Waals surface area contributed by atoms with E-state index in [-0.39, 0.29) is 5.69 Å². The van der Waals surface area contributed by atoms with Crippen molar-refractivity contribution < 1.29 is 18.0 Å². The lowest BCUT2D eigenvalue weighted by atomic mass is 10.1. The van der Waals surface area contributed by atoms with Crippen LogP contribution < -0.4 is 11.1 Å². The highest BCUT2D eigenvalue weighted by atomic mass is 79.9. The molecule has 7 heteroatoms. The number of nitrogens with one attached hydrogen (secondary N) is 1. The molecule has 19 heavy (non-hydrogen) atoms. The number of hydrogen-bond acceptors (Lipinski definition) is 2. The number of hydrogen-bond donors (Lipinski definition) is 2. The summed E-state index contributed by atoms with van der Waals surface area (Å²) in [6.45, 7) is 1.87. The van der Waals surface area contributed by atoms with Gasteiger partial charge in [0.1, 0.15) is 0 Å². The van der Waals surface area contributed by atoms with Gasteiger partial charge in [-0.1, -0.05) is 13.3 Å². The Hall–Kier alpha value is -1.08. The van der Waals surface area contributed by atoms with Gasteiger partial charge in [-0.25, -0.2) is 0 Å². The molecule has 3 N–H and O–H groups in total. The van der Waals surface area contributed by atoms with Crippen molar-refractivity contribution in [2.75, 3.05) is 5.32 Å². The van der Waals surface area contributed by atoms with Gasteiger partial charge in [0.15, 0.2) is 0 Å². The summed E-state index contributed by atoms with van der Waals surface area (Å²) in [5.41, 5.74) is 4.84. The molecular weight excluding hydrogens is 325 g/mol. The minimum Gasteiger partial charge on any atom is -0.324 e. The summed E-state index contributed by atoms with van der Waals surface area (Å²) in [4.78, 5) is 11.7. The van der Waals surface area contributed by atoms with Crippen LogP contribution in [0.2, 0.25) is 0 Å². The van der Waals surface area contributed by atoms with Crippen molar-refractivity contribution >= 4 is 27.5 Å². The van der Waals surface area contributed by atoms with Crippen LogP contribution in [0, 0.1) is 0 Å². The number of rotatable bonds is 4. The Bertz CT molecular complexity index is 463. The molecule has 0 fully saturated rings. The first-order valence-corrected chi connectivity index (χ1v) is 6.48. The summed E-state index contributed by atoms with van der Waals surface area (Å²) in [5.74, 6) is -0.498. The van der Waals surface area contributed by atoms with Crippen molar-refractivity contribution in [1.82, 2.24) is 0 Å². The molecule has 1 rings (SSSR count). The number of carbonyl (C=O) groups is 1. The Kier molecular flexibility index (Phi) is 5.37. The lowest BCUT2D eigenvalue weighted by Crippen LogP contribution is -2.35. The maximum absolute atomic E-state index is 12.6. The van der Waals surface area contributed by atoms with Crippen LogP contribution in [0.3, 0.4) is 0 Å². The Balaban J connectivity index is 2.92. The smallest absolute Gasteiger partial charge is 0.324 e. The molecule has 1 atom stereocenters. The van der Waals surface area contributed by atoms with Crippen molar-refractivity contribution in [1.29, 1.82) is 0 Å². The summed E-state index contributed by atoms with van der Waals surface area (Å²) in [5, 5.41) is 2.40. The van der Waals surface area contributed by atoms with Crippen LogP contribution in [0.5, 0.6) is 0 Å². The van der Waals surface area contributed by atoms with Crippen LogP contribution >= 0.6 is 15.9 Å². The van der Waals surface area contributed by atoms with Gasteiger partial charge >= 0.3 is 6.18 Å². The van der Waals surface area contributed by atoms with Crippen LogP contribution in [0.15, 0.2) is 22.7 Å². The predicted molar refractivity (Wildman–Crippen MR) is 70.7 cm³/mol. The first-order valence-electron chi connectivity index (χ1n) is 5.69. The number of benzene rings is 1. The van der Waals surface area contributed by atoms with Gasteiger partial charge in [-0.3, -0.25) is 4.79 Å². The Morgan fingerprint density at radius 1 is 1.47 bits per heavy atom. The Labute approximate surface area is 117 Å². The monoisotopic (exact) mass is 338 g/mol. The number of carbonyl (C=O) groups excluding carboxylic acids is 1. The fourth-order valence-electron chi connectivity index (χ4n) is 1.46. The molecule has 0 radical (unpaired) electrons. The average Bonchev–Trinajstić information content (AvgIpc) is 2.30. The predicted octanol–water partition coefficient (Wildman–Crippen LogP) is 3.53. The molecule has 0 aromatic heterocycles. The second-order valence-corrected chi connectivity index (χ2v) is 4.93. The van der Waals surface area contributed by atoms with E-state index in [2.05, 4.69) is 21.2 Å². The van der Waals surface area contributed by atoms with Crippen LogP contribution in [0.25, 0.3) is 0 Å². The van der Waals surface area contributed by atoms with Gasteiger partial charge in [0, 0.05) is 4.47 Å². The zero-order valence-electron chi connectivity index (χ0n) is 10.2. The summed E-state index contributed by atoms with van der Waals surface area (Å²) in [6.07, 6.45) is -3.26. The third-order valence-corrected chi connectivity index (χ3v) is 3.18. The Morgan fingerprint density at radius 3 is 2.63 bits per heavy atom. The Morgan fingerprint density at radius 2 is 2.11 bits per heavy atom. The molecule has 0 saturated heterocycles. The topological polar surface area (TPSA) is 55.1 Å². The van der Waals surface area contributed by atoms with Crippen molar-refractivity contribution in [3.8, 4) is 0 Å². The quantitative estimate of drug-likeness (QED) is 0.882. The number of anilines is 1. The van der Waals surface area contributed by atoms with E-state index in [1.165, 1.54) is 6.07 Å². The third-order valence-electron chi connectivity index (χ3n) is 2.49. The molecule has 0 aliphatic heterocycles. The lowest BCUT2D eigenvalue weighted by Gasteiger charge is -2.14. The number of alkyl halides is 3. The highest BCUT2D eigenvalue weighted by Crippen LogP contribution is 2.33. The van der Waals surface area contributed by atoms with Crippen molar-refractivity contribution in [2.24, 2.45) is 5.73 Å². The fourth-order valence-corrected chi connectivity index (χ4v) is 1.81. The average molecular weight is 339 g/mol. The number of amides is 1. The van der Waals surface area contributed by atoms with Crippen molar-refractivity contribution in [2.45, 2.75) is 32.0 Å². The molecule has 0 bridgehead atoms. The van der Waals surface area contributed by atoms with Crippen LogP contribution in [0.4, 0.5) is 18.9 Å². The second kappa shape index (κ2) is 6.38. The highest BCUT2D eigenvalue weighted by molar-refractivity contribution is 9.10. The van der Waals surface area contributed by atoms with E-state index in [4.69, 9.17) is 5.73 Å². The van der Waals surface area contributed by atoms with E-state index in [0.29, 0.717) is 10.9 Å². The fraction of sp³-hybridized carbons (Fsp3) is 0.417. The molecule has 1 amide bonds. The van der Waals surface area contributed by atoms with E-state index in [1.54, 1.807) is 0 Å². The molecule has 106 valence electrons. The molecule has 0 heterocycles. The van der Waals surface area contributed by atoms with Crippen LogP contribution in [-0.2, 0) is 11.0 Å². The molecule has 0 aliphatic carbocycles. The van der Waals surface area contributed by atoms with Crippen molar-refractivity contribution in [3.63, 3.8) is 0 Å². The third kappa shape index (κ3) is 4.50. The molecule has 0 spiro atoms. The summed E-state index contributed by atoms with van der Waals surface area (Å²) in [7, 11) is 0. The maximum Gasteiger partial charge on any atom is 0.416 e. The van der Waals surface area contributed by atoms with Gasteiger partial charge in [-0.05, 0) is 40.5 Å². The largest absolute Gasteiger partial charge is 0.416 e. The normalized spacial score (nSPS) is 13.2. The van der Waals surface area contributed by atoms with E-state index in [0.717, 1.165) is 18.6 Å². The van der Waals surface area contributed by atoms with Gasteiger partial charge in [0.05, 0.1) is 17.3 Å². The summed E-state index contributed by atoms with van der Waals surface area (Å²) < 4.78 is 38.1. The van der Waals surface area contributed by atoms with Gasteiger partial charge in [0.25, 0.3) is 0 Å². The standard InChI is InChI=1S/C12H14BrF3N2O/c1-2-3-9(17)11(19)18-10-6-7(12(14,15)16)4-5-8(10)13/h4-6,9H,2-3,17H2,1H3,(H,18,19). The minimum atomic E-state index is -4.45. The van der Waals surface area contributed by atoms with E-state index < -0.39 is 23.7 Å². The maximum atomic E-state index is 12.6. The lowest BCUT2D eigenvalue weighted by molar-refractivity contribution is -0.137. The highest BCUT2D eigenvalue weighted by Gasteiger charge is 2.31.